The molecule has 194 valence electrons. The third kappa shape index (κ3) is 5.83. The molecule has 3 heterocycles. The molecular formula is C25H35F3N4O3. The number of carbonyl (C=O) groups excluding carboxylic acids is 2. The average Bonchev–Trinajstić information content (AvgIpc) is 3.08. The second kappa shape index (κ2) is 9.50. The smallest absolute Gasteiger partial charge is 0.417 e. The summed E-state index contributed by atoms with van der Waals surface area (Å²) in [6.07, 6.45) is 1.62. The summed E-state index contributed by atoms with van der Waals surface area (Å²) in [6, 6.07) is 2.65. The van der Waals surface area contributed by atoms with E-state index in [0.717, 1.165) is 57.2 Å². The number of hydrogen-bond acceptors (Lipinski definition) is 5. The summed E-state index contributed by atoms with van der Waals surface area (Å²) in [7, 11) is 0. The van der Waals surface area contributed by atoms with Gasteiger partial charge in [0, 0.05) is 37.9 Å². The predicted molar refractivity (Wildman–Crippen MR) is 125 cm³/mol. The van der Waals surface area contributed by atoms with Gasteiger partial charge in [-0.15, -0.1) is 0 Å². The average molecular weight is 497 g/mol. The Morgan fingerprint density at radius 2 is 1.83 bits per heavy atom. The molecule has 3 fully saturated rings. The minimum atomic E-state index is -4.42. The van der Waals surface area contributed by atoms with Gasteiger partial charge in [-0.2, -0.15) is 13.2 Å². The second-order valence-corrected chi connectivity index (χ2v) is 11.1. The second-order valence-electron chi connectivity index (χ2n) is 11.1. The first-order valence-corrected chi connectivity index (χ1v) is 12.5. The van der Waals surface area contributed by atoms with Crippen molar-refractivity contribution in [1.29, 1.82) is 0 Å². The van der Waals surface area contributed by atoms with Crippen molar-refractivity contribution in [2.24, 2.45) is 5.41 Å². The highest BCUT2D eigenvalue weighted by Gasteiger charge is 2.51. The molecule has 1 aromatic rings. The van der Waals surface area contributed by atoms with Gasteiger partial charge in [0.05, 0.1) is 11.0 Å². The molecule has 3 aliphatic rings. The molecule has 1 spiro atoms. The molecule has 1 saturated carbocycles. The van der Waals surface area contributed by atoms with Crippen molar-refractivity contribution >= 4 is 17.8 Å². The highest BCUT2D eigenvalue weighted by Crippen LogP contribution is 2.43. The van der Waals surface area contributed by atoms with E-state index in [-0.39, 0.29) is 18.0 Å². The molecule has 2 saturated heterocycles. The molecule has 7 nitrogen and oxygen atoms in total. The lowest BCUT2D eigenvalue weighted by Crippen LogP contribution is -2.51. The van der Waals surface area contributed by atoms with Crippen molar-refractivity contribution < 1.29 is 27.5 Å². The lowest BCUT2D eigenvalue weighted by Gasteiger charge is -2.41. The van der Waals surface area contributed by atoms with Gasteiger partial charge in [-0.05, 0) is 77.8 Å². The highest BCUT2D eigenvalue weighted by atomic mass is 19.4. The van der Waals surface area contributed by atoms with Gasteiger partial charge in [-0.25, -0.2) is 9.78 Å². The number of likely N-dealkylation sites (tertiary alicyclic amines) is 1. The van der Waals surface area contributed by atoms with E-state index in [9.17, 15) is 22.8 Å². The van der Waals surface area contributed by atoms with Crippen molar-refractivity contribution in [2.75, 3.05) is 24.5 Å². The van der Waals surface area contributed by atoms with E-state index in [4.69, 9.17) is 4.74 Å². The van der Waals surface area contributed by atoms with Crippen LogP contribution < -0.4 is 10.2 Å². The summed E-state index contributed by atoms with van der Waals surface area (Å²) < 4.78 is 44.0. The number of hydrogen-bond donors (Lipinski definition) is 1. The number of nitrogens with one attached hydrogen (secondary N) is 1. The van der Waals surface area contributed by atoms with E-state index >= 15 is 0 Å². The number of nitrogens with zero attached hydrogens (tertiary/aromatic N) is 3. The Kier molecular flexibility index (Phi) is 6.94. The van der Waals surface area contributed by atoms with E-state index in [1.54, 1.807) is 0 Å². The predicted octanol–water partition coefficient (Wildman–Crippen LogP) is 4.76. The van der Waals surface area contributed by atoms with Gasteiger partial charge in [0.25, 0.3) is 0 Å². The molecule has 0 bridgehead atoms. The first-order chi connectivity index (χ1) is 16.4. The van der Waals surface area contributed by atoms with Gasteiger partial charge in [-0.1, -0.05) is 0 Å². The van der Waals surface area contributed by atoms with Crippen LogP contribution in [0.2, 0.25) is 0 Å². The first kappa shape index (κ1) is 25.6. The molecule has 1 aromatic heterocycles. The summed E-state index contributed by atoms with van der Waals surface area (Å²) in [5.41, 5.74) is -1.82. The summed E-state index contributed by atoms with van der Waals surface area (Å²) in [4.78, 5) is 33.7. The van der Waals surface area contributed by atoms with Crippen molar-refractivity contribution in [1.82, 2.24) is 15.2 Å². The lowest BCUT2D eigenvalue weighted by molar-refractivity contribution is -0.139. The molecule has 4 rings (SSSR count). The van der Waals surface area contributed by atoms with Gasteiger partial charge >= 0.3 is 12.3 Å². The minimum absolute atomic E-state index is 0.0451. The van der Waals surface area contributed by atoms with E-state index in [1.165, 1.54) is 6.07 Å². The van der Waals surface area contributed by atoms with Gasteiger partial charge in [-0.3, -0.25) is 4.79 Å². The van der Waals surface area contributed by atoms with Gasteiger partial charge in [0.2, 0.25) is 5.91 Å². The van der Waals surface area contributed by atoms with E-state index in [2.05, 4.69) is 10.3 Å². The van der Waals surface area contributed by atoms with E-state index < -0.39 is 28.8 Å². The van der Waals surface area contributed by atoms with Crippen molar-refractivity contribution in [3.63, 3.8) is 0 Å². The van der Waals surface area contributed by atoms with Gasteiger partial charge in [0.15, 0.2) is 0 Å². The number of anilines is 1. The Hall–Kier alpha value is -2.52. The number of aromatic nitrogens is 1. The topological polar surface area (TPSA) is 74.8 Å². The molecule has 1 atom stereocenters. The Morgan fingerprint density at radius 3 is 2.43 bits per heavy atom. The summed E-state index contributed by atoms with van der Waals surface area (Å²) in [5.74, 6) is 0.634. The Morgan fingerprint density at radius 1 is 1.11 bits per heavy atom. The SMILES string of the molecule is CC(C)(C)OC(=O)N[C@H]1CC[C@H](N2CC[C@@]3(CCCN(c4ccc(C(F)(F)F)cn4)C3)C2=O)CC1. The molecule has 1 aliphatic carbocycles. The molecular weight excluding hydrogens is 461 g/mol. The number of rotatable bonds is 3. The zero-order chi connectivity index (χ0) is 25.4. The molecule has 2 aliphatic heterocycles. The third-order valence-corrected chi connectivity index (χ3v) is 7.38. The number of halogens is 3. The number of piperidine rings is 1. The quantitative estimate of drug-likeness (QED) is 0.654. The zero-order valence-corrected chi connectivity index (χ0v) is 20.7. The number of alkyl halides is 3. The molecule has 2 amide bonds. The third-order valence-electron chi connectivity index (χ3n) is 7.38. The fourth-order valence-corrected chi connectivity index (χ4v) is 5.65. The van der Waals surface area contributed by atoms with Crippen LogP contribution in [-0.2, 0) is 15.7 Å². The summed E-state index contributed by atoms with van der Waals surface area (Å²) in [5, 5.41) is 2.94. The van der Waals surface area contributed by atoms with Crippen molar-refractivity contribution in [3.05, 3.63) is 23.9 Å². The van der Waals surface area contributed by atoms with Crippen LogP contribution in [0, 0.1) is 5.41 Å². The maximum Gasteiger partial charge on any atom is 0.417 e. The fraction of sp³-hybridized carbons (Fsp3) is 0.720. The maximum absolute atomic E-state index is 13.6. The molecule has 0 aromatic carbocycles. The van der Waals surface area contributed by atoms with Crippen LogP contribution >= 0.6 is 0 Å². The molecule has 35 heavy (non-hydrogen) atoms. The standard InChI is InChI=1S/C25H35F3N4O3/c1-23(2,3)35-22(34)30-18-6-8-19(9-7-18)32-14-12-24(21(32)33)11-4-13-31(16-24)20-10-5-17(15-29-20)25(26,27)28/h5,10,15,18-19H,4,6-9,11-14,16H2,1-3H3,(H,30,34)/t18-,19-,24-/m1/s1. The highest BCUT2D eigenvalue weighted by molar-refractivity contribution is 5.86. The van der Waals surface area contributed by atoms with Crippen LogP contribution in [0.5, 0.6) is 0 Å². The normalized spacial score (nSPS) is 27.9. The lowest BCUT2D eigenvalue weighted by atomic mass is 9.78. The minimum Gasteiger partial charge on any atom is -0.444 e. The monoisotopic (exact) mass is 496 g/mol. The molecule has 1 N–H and O–H groups in total. The van der Waals surface area contributed by atoms with Crippen molar-refractivity contribution in [2.45, 2.75) is 89.6 Å². The van der Waals surface area contributed by atoms with Crippen LogP contribution in [0.25, 0.3) is 0 Å². The fourth-order valence-electron chi connectivity index (χ4n) is 5.65. The van der Waals surface area contributed by atoms with Crippen LogP contribution in [0.4, 0.5) is 23.8 Å². The number of ether oxygens (including phenoxy) is 1. The van der Waals surface area contributed by atoms with E-state index in [1.807, 2.05) is 30.6 Å². The zero-order valence-electron chi connectivity index (χ0n) is 20.7. The summed E-state index contributed by atoms with van der Waals surface area (Å²) in [6.45, 7) is 7.35. The Labute approximate surface area is 204 Å². The van der Waals surface area contributed by atoms with Crippen LogP contribution in [0.1, 0.15) is 71.3 Å². The molecule has 10 heteroatoms. The van der Waals surface area contributed by atoms with Gasteiger partial charge < -0.3 is 19.9 Å². The number of amides is 2. The van der Waals surface area contributed by atoms with Crippen LogP contribution in [-0.4, -0.2) is 59.2 Å². The Bertz CT molecular complexity index is 923. The van der Waals surface area contributed by atoms with Crippen LogP contribution in [0.15, 0.2) is 18.3 Å². The number of alkyl carbamates (subject to hydrolysis) is 1. The Balaban J connectivity index is 1.34. The molecule has 0 unspecified atom stereocenters. The van der Waals surface area contributed by atoms with Crippen LogP contribution in [0.3, 0.4) is 0 Å². The summed E-state index contributed by atoms with van der Waals surface area (Å²) >= 11 is 0. The first-order valence-electron chi connectivity index (χ1n) is 12.5. The number of carbonyl (C=O) groups is 2. The largest absolute Gasteiger partial charge is 0.444 e. The number of pyridine rings is 1. The van der Waals surface area contributed by atoms with E-state index in [0.29, 0.717) is 25.5 Å². The van der Waals surface area contributed by atoms with Gasteiger partial charge in [0.1, 0.15) is 11.4 Å². The maximum atomic E-state index is 13.6. The van der Waals surface area contributed by atoms with Crippen molar-refractivity contribution in [3.8, 4) is 0 Å². The molecule has 0 radical (unpaired) electrons.